The van der Waals surface area contributed by atoms with Crippen molar-refractivity contribution in [3.8, 4) is 5.69 Å². The van der Waals surface area contributed by atoms with Crippen molar-refractivity contribution >= 4 is 17.3 Å². The van der Waals surface area contributed by atoms with E-state index >= 15 is 0 Å². The van der Waals surface area contributed by atoms with Crippen molar-refractivity contribution in [1.29, 1.82) is 0 Å². The van der Waals surface area contributed by atoms with E-state index in [1.165, 1.54) is 12.0 Å². The van der Waals surface area contributed by atoms with E-state index in [-0.39, 0.29) is 0 Å². The molecular formula is C14H14ClN5. The third-order valence-corrected chi connectivity index (χ3v) is 3.37. The number of hydrogen-bond donors (Lipinski definition) is 1. The highest BCUT2D eigenvalue weighted by Crippen LogP contribution is 2.24. The quantitative estimate of drug-likeness (QED) is 0.803. The fraction of sp³-hybridized carbons (Fsp3) is 0.143. The molecule has 6 heteroatoms. The molecule has 1 aromatic carbocycles. The molecular weight excluding hydrogens is 274 g/mol. The van der Waals surface area contributed by atoms with Crippen molar-refractivity contribution in [2.24, 2.45) is 7.05 Å². The maximum Gasteiger partial charge on any atom is 0.138 e. The molecule has 3 rings (SSSR count). The minimum absolute atomic E-state index is 0.684. The smallest absolute Gasteiger partial charge is 0.138 e. The molecule has 3 aromatic rings. The number of aromatic nitrogens is 4. The highest BCUT2D eigenvalue weighted by molar-refractivity contribution is 6.31. The summed E-state index contributed by atoms with van der Waals surface area (Å²) in [6, 6.07) is 9.75. The lowest BCUT2D eigenvalue weighted by Gasteiger charge is -2.12. The van der Waals surface area contributed by atoms with E-state index in [0.717, 1.165) is 11.4 Å². The van der Waals surface area contributed by atoms with Gasteiger partial charge in [-0.1, -0.05) is 11.6 Å². The Morgan fingerprint density at radius 2 is 2.20 bits per heavy atom. The first kappa shape index (κ1) is 12.7. The summed E-state index contributed by atoms with van der Waals surface area (Å²) in [5, 5.41) is 8.23. The molecule has 0 atom stereocenters. The molecule has 20 heavy (non-hydrogen) atoms. The molecule has 1 N–H and O–H groups in total. The van der Waals surface area contributed by atoms with Gasteiger partial charge in [0.05, 0.1) is 17.9 Å². The first-order valence-corrected chi connectivity index (χ1v) is 6.60. The lowest BCUT2D eigenvalue weighted by molar-refractivity contribution is 0.837. The lowest BCUT2D eigenvalue weighted by atomic mass is 10.2. The molecule has 0 amide bonds. The predicted molar refractivity (Wildman–Crippen MR) is 79.1 cm³/mol. The summed E-state index contributed by atoms with van der Waals surface area (Å²) in [5.41, 5.74) is 3.03. The van der Waals surface area contributed by atoms with Crippen LogP contribution in [0.2, 0.25) is 5.02 Å². The fourth-order valence-corrected chi connectivity index (χ4v) is 2.22. The van der Waals surface area contributed by atoms with Gasteiger partial charge in [-0.25, -0.2) is 9.67 Å². The summed E-state index contributed by atoms with van der Waals surface area (Å²) < 4.78 is 3.79. The van der Waals surface area contributed by atoms with Crippen LogP contribution >= 0.6 is 11.6 Å². The summed E-state index contributed by atoms with van der Waals surface area (Å²) in [4.78, 5) is 3.97. The lowest BCUT2D eigenvalue weighted by Crippen LogP contribution is -2.07. The molecule has 0 unspecified atom stereocenters. The second-order valence-corrected chi connectivity index (χ2v) is 4.90. The molecule has 5 nitrogen and oxygen atoms in total. The third kappa shape index (κ3) is 2.53. The minimum atomic E-state index is 0.684. The summed E-state index contributed by atoms with van der Waals surface area (Å²) in [6.45, 7) is 0.714. The van der Waals surface area contributed by atoms with E-state index in [0.29, 0.717) is 11.6 Å². The van der Waals surface area contributed by atoms with E-state index in [1.54, 1.807) is 11.0 Å². The van der Waals surface area contributed by atoms with Gasteiger partial charge in [-0.15, -0.1) is 0 Å². The van der Waals surface area contributed by atoms with Crippen LogP contribution in [0.1, 0.15) is 5.69 Å². The van der Waals surface area contributed by atoms with Gasteiger partial charge >= 0.3 is 0 Å². The van der Waals surface area contributed by atoms with Gasteiger partial charge in [0.2, 0.25) is 0 Å². The topological polar surface area (TPSA) is 47.7 Å². The van der Waals surface area contributed by atoms with Crippen molar-refractivity contribution in [3.05, 3.63) is 59.9 Å². The molecule has 0 fully saturated rings. The number of nitrogens with one attached hydrogen (secondary N) is 1. The monoisotopic (exact) mass is 287 g/mol. The standard InChI is InChI=1S/C14H14ClN5/c1-19-6-2-3-12(19)8-17-13-7-11(15)4-5-14(13)20-10-16-9-18-20/h2-7,9-10,17H,8H2,1H3. The van der Waals surface area contributed by atoms with Crippen LogP contribution in [-0.4, -0.2) is 19.3 Å². The van der Waals surface area contributed by atoms with E-state index in [2.05, 4.69) is 26.0 Å². The molecule has 0 aliphatic rings. The Morgan fingerprint density at radius 1 is 1.30 bits per heavy atom. The highest BCUT2D eigenvalue weighted by Gasteiger charge is 2.07. The van der Waals surface area contributed by atoms with Gasteiger partial charge in [0.1, 0.15) is 12.7 Å². The van der Waals surface area contributed by atoms with Crippen LogP contribution in [0, 0.1) is 0 Å². The summed E-state index contributed by atoms with van der Waals surface area (Å²) in [5.74, 6) is 0. The zero-order valence-corrected chi connectivity index (χ0v) is 11.7. The van der Waals surface area contributed by atoms with Crippen LogP contribution in [-0.2, 0) is 13.6 Å². The predicted octanol–water partition coefficient (Wildman–Crippen LogP) is 2.87. The Hall–Kier alpha value is -2.27. The molecule has 0 bridgehead atoms. The Morgan fingerprint density at radius 3 is 2.90 bits per heavy atom. The number of rotatable bonds is 4. The molecule has 102 valence electrons. The van der Waals surface area contributed by atoms with Crippen LogP contribution in [0.15, 0.2) is 49.2 Å². The van der Waals surface area contributed by atoms with Crippen molar-refractivity contribution in [1.82, 2.24) is 19.3 Å². The number of halogens is 1. The second kappa shape index (κ2) is 5.38. The normalized spacial score (nSPS) is 10.7. The zero-order chi connectivity index (χ0) is 13.9. The van der Waals surface area contributed by atoms with Gasteiger partial charge in [0, 0.05) is 24.0 Å². The van der Waals surface area contributed by atoms with E-state index < -0.39 is 0 Å². The Bertz CT molecular complexity index is 702. The van der Waals surface area contributed by atoms with Crippen molar-refractivity contribution in [2.45, 2.75) is 6.54 Å². The molecule has 0 aliphatic heterocycles. The first-order chi connectivity index (χ1) is 9.74. The van der Waals surface area contributed by atoms with Gasteiger partial charge in [0.25, 0.3) is 0 Å². The summed E-state index contributed by atoms with van der Waals surface area (Å²) in [7, 11) is 2.02. The van der Waals surface area contributed by atoms with Crippen LogP contribution < -0.4 is 5.32 Å². The Balaban J connectivity index is 1.88. The fourth-order valence-electron chi connectivity index (χ4n) is 2.05. The maximum atomic E-state index is 6.08. The number of benzene rings is 1. The van der Waals surface area contributed by atoms with Gasteiger partial charge in [0.15, 0.2) is 0 Å². The SMILES string of the molecule is Cn1cccc1CNc1cc(Cl)ccc1-n1cncn1. The molecule has 0 aliphatic carbocycles. The highest BCUT2D eigenvalue weighted by atomic mass is 35.5. The number of anilines is 1. The van der Waals surface area contributed by atoms with E-state index in [1.807, 2.05) is 37.5 Å². The van der Waals surface area contributed by atoms with Crippen LogP contribution in [0.5, 0.6) is 0 Å². The van der Waals surface area contributed by atoms with Crippen molar-refractivity contribution in [3.63, 3.8) is 0 Å². The number of aryl methyl sites for hydroxylation is 1. The molecule has 2 heterocycles. The van der Waals surface area contributed by atoms with Crippen molar-refractivity contribution < 1.29 is 0 Å². The second-order valence-electron chi connectivity index (χ2n) is 4.47. The summed E-state index contributed by atoms with van der Waals surface area (Å²) in [6.07, 6.45) is 5.19. The molecule has 2 aromatic heterocycles. The van der Waals surface area contributed by atoms with Crippen LogP contribution in [0.3, 0.4) is 0 Å². The molecule has 0 spiro atoms. The third-order valence-electron chi connectivity index (χ3n) is 3.14. The maximum absolute atomic E-state index is 6.08. The molecule has 0 saturated heterocycles. The van der Waals surface area contributed by atoms with E-state index in [4.69, 9.17) is 11.6 Å². The van der Waals surface area contributed by atoms with Crippen LogP contribution in [0.25, 0.3) is 5.69 Å². The van der Waals surface area contributed by atoms with Gasteiger partial charge < -0.3 is 9.88 Å². The van der Waals surface area contributed by atoms with E-state index in [9.17, 15) is 0 Å². The Labute approximate surface area is 121 Å². The Kier molecular flexibility index (Phi) is 3.43. The van der Waals surface area contributed by atoms with Gasteiger partial charge in [-0.2, -0.15) is 5.10 Å². The van der Waals surface area contributed by atoms with Gasteiger partial charge in [-0.3, -0.25) is 0 Å². The van der Waals surface area contributed by atoms with Crippen LogP contribution in [0.4, 0.5) is 5.69 Å². The average Bonchev–Trinajstić information content (AvgIpc) is 3.08. The minimum Gasteiger partial charge on any atom is -0.378 e. The number of hydrogen-bond acceptors (Lipinski definition) is 3. The summed E-state index contributed by atoms with van der Waals surface area (Å²) >= 11 is 6.08. The average molecular weight is 288 g/mol. The largest absolute Gasteiger partial charge is 0.378 e. The first-order valence-electron chi connectivity index (χ1n) is 6.22. The van der Waals surface area contributed by atoms with Gasteiger partial charge in [-0.05, 0) is 30.3 Å². The number of nitrogens with zero attached hydrogens (tertiary/aromatic N) is 4. The zero-order valence-electron chi connectivity index (χ0n) is 11.0. The molecule has 0 saturated carbocycles. The molecule has 0 radical (unpaired) electrons. The van der Waals surface area contributed by atoms with Crippen molar-refractivity contribution in [2.75, 3.05) is 5.32 Å².